The van der Waals surface area contributed by atoms with Crippen molar-refractivity contribution in [3.05, 3.63) is 12.7 Å². The Balaban J connectivity index is 1.89. The fraction of sp³-hybridized carbons (Fsp3) is 0.789. The Morgan fingerprint density at radius 2 is 1.63 bits per heavy atom. The van der Waals surface area contributed by atoms with E-state index in [0.717, 1.165) is 44.9 Å². The van der Waals surface area contributed by atoms with Crippen LogP contribution in [0, 0.1) is 17.3 Å². The molecular weight excluding hydrogens is 652 g/mol. The highest BCUT2D eigenvalue weighted by atomic mass is 16.3. The number of rotatable bonds is 16. The quantitative estimate of drug-likeness (QED) is 0.120. The second-order valence-corrected chi connectivity index (χ2v) is 16.5. The number of piperidine rings is 1. The minimum absolute atomic E-state index is 0.0761. The number of hydrogen-bond acceptors (Lipinski definition) is 7. The number of carbonyl (C=O) groups excluding carboxylic acids is 6. The molecule has 0 spiro atoms. The van der Waals surface area contributed by atoms with Crippen LogP contribution in [-0.2, 0) is 24.0 Å². The molecule has 1 unspecified atom stereocenters. The first-order valence-corrected chi connectivity index (χ1v) is 19.1. The summed E-state index contributed by atoms with van der Waals surface area (Å²) >= 11 is 0. The van der Waals surface area contributed by atoms with Crippen LogP contribution in [0.4, 0.5) is 4.79 Å². The maximum atomic E-state index is 14.7. The fourth-order valence-electron chi connectivity index (χ4n) is 7.72. The van der Waals surface area contributed by atoms with E-state index in [1.807, 2.05) is 27.7 Å². The van der Waals surface area contributed by atoms with Gasteiger partial charge in [0.2, 0.25) is 23.5 Å². The molecule has 0 radical (unpaired) electrons. The second kappa shape index (κ2) is 18.8. The number of nitrogens with one attached hydrogen (secondary N) is 4. The maximum Gasteiger partial charge on any atom is 0.315 e. The van der Waals surface area contributed by atoms with Gasteiger partial charge in [0.05, 0.1) is 17.7 Å². The van der Waals surface area contributed by atoms with E-state index in [2.05, 4.69) is 27.8 Å². The van der Waals surface area contributed by atoms with Crippen LogP contribution in [0.2, 0.25) is 0 Å². The van der Waals surface area contributed by atoms with E-state index in [9.17, 15) is 33.9 Å². The Morgan fingerprint density at radius 1 is 0.941 bits per heavy atom. The van der Waals surface area contributed by atoms with Crippen LogP contribution in [0.5, 0.6) is 0 Å². The van der Waals surface area contributed by atoms with Crippen LogP contribution >= 0.6 is 0 Å². The summed E-state index contributed by atoms with van der Waals surface area (Å²) in [5, 5.41) is 22.1. The van der Waals surface area contributed by atoms with Crippen molar-refractivity contribution in [1.82, 2.24) is 31.1 Å². The number of ketones is 1. The van der Waals surface area contributed by atoms with Crippen molar-refractivity contribution in [3.63, 3.8) is 0 Å². The van der Waals surface area contributed by atoms with Gasteiger partial charge in [0.15, 0.2) is 0 Å². The number of urea groups is 1. The SMILES string of the molecule is C=CCNC(=O)C(=O)C(CCC)NC(=O)[C@@H]1[C@@H](CC(C)(C)O)CCN1C(=O)[C@@H](NC(=O)N[C@H](CN1CCCCC1=O)C(C)(C)C)C1CCCCC1. The van der Waals surface area contributed by atoms with Gasteiger partial charge in [-0.2, -0.15) is 0 Å². The van der Waals surface area contributed by atoms with E-state index < -0.39 is 53.3 Å². The van der Waals surface area contributed by atoms with Gasteiger partial charge in [-0.15, -0.1) is 6.58 Å². The lowest BCUT2D eigenvalue weighted by Crippen LogP contribution is -2.61. The van der Waals surface area contributed by atoms with E-state index in [1.165, 1.54) is 11.0 Å². The molecule has 6 amide bonds. The Labute approximate surface area is 304 Å². The summed E-state index contributed by atoms with van der Waals surface area (Å²) in [6, 6.07) is -3.89. The van der Waals surface area contributed by atoms with Crippen molar-refractivity contribution in [2.24, 2.45) is 17.3 Å². The molecule has 0 aromatic heterocycles. The predicted molar refractivity (Wildman–Crippen MR) is 195 cm³/mol. The summed E-state index contributed by atoms with van der Waals surface area (Å²) in [5.41, 5.74) is -1.51. The first-order chi connectivity index (χ1) is 24.0. The first kappa shape index (κ1) is 41.9. The van der Waals surface area contributed by atoms with E-state index in [-0.39, 0.29) is 55.1 Å². The van der Waals surface area contributed by atoms with Crippen molar-refractivity contribution >= 4 is 35.4 Å². The molecule has 3 aliphatic rings. The van der Waals surface area contributed by atoms with Crippen LogP contribution in [-0.4, -0.2) is 106 Å². The minimum Gasteiger partial charge on any atom is -0.390 e. The number of aliphatic hydroxyl groups is 1. The molecule has 288 valence electrons. The van der Waals surface area contributed by atoms with E-state index in [0.29, 0.717) is 32.4 Å². The number of amides is 6. The van der Waals surface area contributed by atoms with E-state index >= 15 is 0 Å². The molecule has 13 nitrogen and oxygen atoms in total. The van der Waals surface area contributed by atoms with Crippen molar-refractivity contribution < 1.29 is 33.9 Å². The molecule has 5 atom stereocenters. The van der Waals surface area contributed by atoms with E-state index in [1.54, 1.807) is 18.7 Å². The number of Topliss-reactive ketones (excluding diaryl/α,β-unsaturated/α-hetero) is 1. The number of carbonyl (C=O) groups is 6. The molecule has 3 fully saturated rings. The van der Waals surface area contributed by atoms with Crippen molar-refractivity contribution in [2.75, 3.05) is 26.2 Å². The highest BCUT2D eigenvalue weighted by molar-refractivity contribution is 6.38. The molecule has 0 aromatic rings. The van der Waals surface area contributed by atoms with Gasteiger partial charge in [0.1, 0.15) is 12.1 Å². The molecule has 1 aliphatic carbocycles. The van der Waals surface area contributed by atoms with Crippen LogP contribution in [0.15, 0.2) is 12.7 Å². The lowest BCUT2D eigenvalue weighted by molar-refractivity contribution is -0.144. The standard InChI is InChI=1S/C38H64N6O7/c1-8-15-27(32(46)34(48)39-20-9-2)40-33(47)31-26(23-38(6,7)51)19-22-44(31)35(49)30(25-16-11-10-12-17-25)42-36(50)41-28(37(3,4)5)24-43-21-14-13-18-29(43)45/h9,25-28,30-31,51H,2,8,10-24H2,1,3-7H3,(H,39,48)(H,40,47)(H2,41,42,50)/t26-,27?,28-,30+,31+/m1/s1. The topological polar surface area (TPSA) is 177 Å². The van der Waals surface area contributed by atoms with E-state index in [4.69, 9.17) is 0 Å². The second-order valence-electron chi connectivity index (χ2n) is 16.5. The molecule has 1 saturated carbocycles. The van der Waals surface area contributed by atoms with Crippen LogP contribution in [0.3, 0.4) is 0 Å². The summed E-state index contributed by atoms with van der Waals surface area (Å²) < 4.78 is 0. The summed E-state index contributed by atoms with van der Waals surface area (Å²) in [6.45, 7) is 16.1. The Bertz CT molecular complexity index is 1250. The van der Waals surface area contributed by atoms with Crippen molar-refractivity contribution in [3.8, 4) is 0 Å². The molecule has 0 aromatic carbocycles. The number of likely N-dealkylation sites (tertiary alicyclic amines) is 2. The third-order valence-corrected chi connectivity index (χ3v) is 10.5. The fourth-order valence-corrected chi connectivity index (χ4v) is 7.72. The zero-order valence-electron chi connectivity index (χ0n) is 31.9. The Hall–Kier alpha value is -3.48. The van der Waals surface area contributed by atoms with Gasteiger partial charge < -0.3 is 36.2 Å². The lowest BCUT2D eigenvalue weighted by Gasteiger charge is -2.39. The number of hydrogen-bond donors (Lipinski definition) is 5. The normalized spacial score (nSPS) is 22.1. The summed E-state index contributed by atoms with van der Waals surface area (Å²) in [6.07, 6.45) is 9.51. The predicted octanol–water partition coefficient (Wildman–Crippen LogP) is 3.20. The molecular formula is C38H64N6O7. The van der Waals surface area contributed by atoms with Crippen molar-refractivity contribution in [2.45, 2.75) is 148 Å². The van der Waals surface area contributed by atoms with Crippen LogP contribution in [0.25, 0.3) is 0 Å². The molecule has 13 heteroatoms. The molecule has 51 heavy (non-hydrogen) atoms. The smallest absolute Gasteiger partial charge is 0.315 e. The largest absolute Gasteiger partial charge is 0.390 e. The average molecular weight is 717 g/mol. The highest BCUT2D eigenvalue weighted by Crippen LogP contribution is 2.35. The van der Waals surface area contributed by atoms with Gasteiger partial charge in [-0.1, -0.05) is 59.5 Å². The summed E-state index contributed by atoms with van der Waals surface area (Å²) in [5.74, 6) is -3.04. The summed E-state index contributed by atoms with van der Waals surface area (Å²) in [7, 11) is 0. The van der Waals surface area contributed by atoms with Gasteiger partial charge >= 0.3 is 6.03 Å². The first-order valence-electron chi connectivity index (χ1n) is 19.1. The molecule has 2 aliphatic heterocycles. The third kappa shape index (κ3) is 12.3. The molecule has 5 N–H and O–H groups in total. The third-order valence-electron chi connectivity index (χ3n) is 10.5. The van der Waals surface area contributed by atoms with Crippen LogP contribution in [0.1, 0.15) is 119 Å². The zero-order valence-corrected chi connectivity index (χ0v) is 31.9. The Kier molecular flexibility index (Phi) is 15.5. The minimum atomic E-state index is -1.13. The summed E-state index contributed by atoms with van der Waals surface area (Å²) in [4.78, 5) is 84.2. The molecule has 0 bridgehead atoms. The number of nitrogens with zero attached hydrogens (tertiary/aromatic N) is 2. The zero-order chi connectivity index (χ0) is 37.9. The van der Waals surface area contributed by atoms with Gasteiger partial charge in [-0.05, 0) is 76.0 Å². The van der Waals surface area contributed by atoms with Crippen LogP contribution < -0.4 is 21.3 Å². The average Bonchev–Trinajstić information content (AvgIpc) is 3.47. The van der Waals surface area contributed by atoms with Crippen molar-refractivity contribution in [1.29, 1.82) is 0 Å². The molecule has 3 rings (SSSR count). The highest BCUT2D eigenvalue weighted by Gasteiger charge is 2.47. The van der Waals surface area contributed by atoms with Gasteiger partial charge in [-0.3, -0.25) is 24.0 Å². The van der Waals surface area contributed by atoms with Gasteiger partial charge in [0, 0.05) is 32.6 Å². The monoisotopic (exact) mass is 716 g/mol. The molecule has 2 heterocycles. The van der Waals surface area contributed by atoms with Gasteiger partial charge in [-0.25, -0.2) is 4.79 Å². The Morgan fingerprint density at radius 3 is 2.22 bits per heavy atom. The lowest BCUT2D eigenvalue weighted by atomic mass is 9.82. The van der Waals surface area contributed by atoms with Gasteiger partial charge in [0.25, 0.3) is 5.91 Å². The maximum absolute atomic E-state index is 14.7. The molecule has 2 saturated heterocycles.